The molecule has 0 rings (SSSR count). The van der Waals surface area contributed by atoms with Crippen LogP contribution in [-0.2, 0) is 0 Å². The maximum atomic E-state index is 2.14. The van der Waals surface area contributed by atoms with Crippen molar-refractivity contribution in [1.82, 2.24) is 0 Å². The summed E-state index contributed by atoms with van der Waals surface area (Å²) >= 11 is 1.80. The highest BCUT2D eigenvalue weighted by Crippen LogP contribution is 2.17. The molecule has 0 aromatic rings. The van der Waals surface area contributed by atoms with Gasteiger partial charge < -0.3 is 0 Å². The summed E-state index contributed by atoms with van der Waals surface area (Å²) in [6.07, 6.45) is 6.31. The van der Waals surface area contributed by atoms with Gasteiger partial charge in [0.05, 0.1) is 0 Å². The molecule has 0 N–H and O–H groups in total. The molecular weight excluding hydrogens is 128 g/mol. The van der Waals surface area contributed by atoms with Crippen molar-refractivity contribution < 1.29 is 0 Å². The number of hydrogen-bond acceptors (Lipinski definition) is 1. The molecule has 0 aliphatic heterocycles. The smallest absolute Gasteiger partial charge is 0.00522 e. The van der Waals surface area contributed by atoms with Crippen molar-refractivity contribution in [3.05, 3.63) is 22.6 Å². The molecule has 0 atom stereocenters. The van der Waals surface area contributed by atoms with Crippen molar-refractivity contribution >= 4 is 11.8 Å². The predicted molar refractivity (Wildman–Crippen MR) is 46.7 cm³/mol. The van der Waals surface area contributed by atoms with Gasteiger partial charge in [-0.15, -0.1) is 11.8 Å². The van der Waals surface area contributed by atoms with Crippen LogP contribution >= 0.6 is 11.8 Å². The van der Waals surface area contributed by atoms with Gasteiger partial charge >= 0.3 is 0 Å². The standard InChI is InChI=1S/C8H14S/c1-5-6-8(9-4)7(2)3/h5-6H,1-4H3. The number of allylic oxidation sites excluding steroid dienone is 3. The molecule has 0 fully saturated rings. The Bertz CT molecular complexity index is 128. The molecule has 0 nitrogen and oxygen atoms in total. The van der Waals surface area contributed by atoms with E-state index in [1.54, 1.807) is 11.8 Å². The third-order valence-electron chi connectivity index (χ3n) is 1.03. The van der Waals surface area contributed by atoms with Crippen LogP contribution in [0.25, 0.3) is 0 Å². The van der Waals surface area contributed by atoms with E-state index in [1.807, 2.05) is 6.92 Å². The van der Waals surface area contributed by atoms with Crippen LogP contribution in [-0.4, -0.2) is 6.26 Å². The van der Waals surface area contributed by atoms with Crippen molar-refractivity contribution in [3.63, 3.8) is 0 Å². The average Bonchev–Trinajstić information content (AvgIpc) is 1.82. The fourth-order valence-electron chi connectivity index (χ4n) is 0.590. The van der Waals surface area contributed by atoms with Crippen molar-refractivity contribution in [1.29, 1.82) is 0 Å². The molecule has 52 valence electrons. The van der Waals surface area contributed by atoms with Crippen LogP contribution in [0.4, 0.5) is 0 Å². The minimum absolute atomic E-state index is 1.37. The molecule has 0 bridgehead atoms. The van der Waals surface area contributed by atoms with E-state index in [4.69, 9.17) is 0 Å². The predicted octanol–water partition coefficient (Wildman–Crippen LogP) is 3.22. The van der Waals surface area contributed by atoms with E-state index in [-0.39, 0.29) is 0 Å². The fraction of sp³-hybridized carbons (Fsp3) is 0.500. The minimum atomic E-state index is 1.37. The summed E-state index contributed by atoms with van der Waals surface area (Å²) < 4.78 is 0. The van der Waals surface area contributed by atoms with Gasteiger partial charge in [-0.1, -0.05) is 17.7 Å². The molecule has 0 aliphatic carbocycles. The Morgan fingerprint density at radius 2 is 1.89 bits per heavy atom. The van der Waals surface area contributed by atoms with Crippen molar-refractivity contribution in [3.8, 4) is 0 Å². The summed E-state index contributed by atoms with van der Waals surface area (Å²) in [5.41, 5.74) is 1.39. The lowest BCUT2D eigenvalue weighted by atomic mass is 10.3. The Balaban J connectivity index is 4.16. The summed E-state index contributed by atoms with van der Waals surface area (Å²) in [7, 11) is 0. The van der Waals surface area contributed by atoms with Gasteiger partial charge in [-0.3, -0.25) is 0 Å². The highest BCUT2D eigenvalue weighted by Gasteiger charge is 1.88. The maximum Gasteiger partial charge on any atom is 0.00522 e. The zero-order valence-corrected chi connectivity index (χ0v) is 7.38. The molecule has 1 heteroatoms. The van der Waals surface area contributed by atoms with E-state index < -0.39 is 0 Å². The van der Waals surface area contributed by atoms with Gasteiger partial charge in [0.25, 0.3) is 0 Å². The summed E-state index contributed by atoms with van der Waals surface area (Å²) in [4.78, 5) is 1.37. The molecule has 0 aromatic carbocycles. The van der Waals surface area contributed by atoms with Crippen molar-refractivity contribution in [2.45, 2.75) is 20.8 Å². The fourth-order valence-corrected chi connectivity index (χ4v) is 1.27. The van der Waals surface area contributed by atoms with E-state index in [2.05, 4.69) is 32.3 Å². The summed E-state index contributed by atoms with van der Waals surface area (Å²) in [5.74, 6) is 0. The molecule has 0 heterocycles. The van der Waals surface area contributed by atoms with Gasteiger partial charge in [0.1, 0.15) is 0 Å². The lowest BCUT2D eigenvalue weighted by Gasteiger charge is -1.97. The lowest BCUT2D eigenvalue weighted by molar-refractivity contribution is 1.38. The molecular formula is C8H14S. The van der Waals surface area contributed by atoms with Crippen LogP contribution in [0, 0.1) is 0 Å². The third-order valence-corrected chi connectivity index (χ3v) is 2.01. The Kier molecular flexibility index (Phi) is 4.60. The summed E-state index contributed by atoms with van der Waals surface area (Å²) in [6.45, 7) is 6.30. The largest absolute Gasteiger partial charge is 0.130 e. The van der Waals surface area contributed by atoms with E-state index >= 15 is 0 Å². The quantitative estimate of drug-likeness (QED) is 0.533. The molecule has 0 amide bonds. The molecule has 0 aliphatic rings. The molecule has 0 aromatic heterocycles. The monoisotopic (exact) mass is 142 g/mol. The van der Waals surface area contributed by atoms with Crippen LogP contribution in [0.15, 0.2) is 22.6 Å². The minimum Gasteiger partial charge on any atom is -0.130 e. The van der Waals surface area contributed by atoms with Gasteiger partial charge in [0.2, 0.25) is 0 Å². The molecule has 0 radical (unpaired) electrons. The normalized spacial score (nSPS) is 10.2. The zero-order chi connectivity index (χ0) is 7.28. The first-order valence-electron chi connectivity index (χ1n) is 3.06. The first kappa shape index (κ1) is 8.83. The van der Waals surface area contributed by atoms with Gasteiger partial charge in [0, 0.05) is 4.91 Å². The van der Waals surface area contributed by atoms with Crippen LogP contribution < -0.4 is 0 Å². The zero-order valence-electron chi connectivity index (χ0n) is 6.56. The topological polar surface area (TPSA) is 0 Å². The average molecular weight is 142 g/mol. The van der Waals surface area contributed by atoms with E-state index in [0.717, 1.165) is 0 Å². The number of thioether (sulfide) groups is 1. The Hall–Kier alpha value is -0.170. The molecule has 0 unspecified atom stereocenters. The summed E-state index contributed by atoms with van der Waals surface area (Å²) in [5, 5.41) is 0. The van der Waals surface area contributed by atoms with E-state index in [0.29, 0.717) is 0 Å². The lowest BCUT2D eigenvalue weighted by Crippen LogP contribution is -1.72. The second-order valence-electron chi connectivity index (χ2n) is 2.07. The van der Waals surface area contributed by atoms with Crippen molar-refractivity contribution in [2.24, 2.45) is 0 Å². The van der Waals surface area contributed by atoms with Crippen molar-refractivity contribution in [2.75, 3.05) is 6.26 Å². The molecule has 9 heavy (non-hydrogen) atoms. The first-order valence-corrected chi connectivity index (χ1v) is 4.29. The second-order valence-corrected chi connectivity index (χ2v) is 2.92. The Labute approximate surface area is 62.0 Å². The maximum absolute atomic E-state index is 2.14. The third kappa shape index (κ3) is 3.41. The highest BCUT2D eigenvalue weighted by molar-refractivity contribution is 8.02. The van der Waals surface area contributed by atoms with Crippen LogP contribution in [0.5, 0.6) is 0 Å². The van der Waals surface area contributed by atoms with Gasteiger partial charge in [-0.25, -0.2) is 0 Å². The van der Waals surface area contributed by atoms with Gasteiger partial charge in [-0.05, 0) is 27.0 Å². The second kappa shape index (κ2) is 4.68. The van der Waals surface area contributed by atoms with Crippen LogP contribution in [0.3, 0.4) is 0 Å². The van der Waals surface area contributed by atoms with Gasteiger partial charge in [0.15, 0.2) is 0 Å². The molecule has 0 spiro atoms. The van der Waals surface area contributed by atoms with Crippen LogP contribution in [0.1, 0.15) is 20.8 Å². The highest BCUT2D eigenvalue weighted by atomic mass is 32.2. The Morgan fingerprint density at radius 1 is 1.33 bits per heavy atom. The molecule has 0 saturated heterocycles. The number of rotatable bonds is 2. The Morgan fingerprint density at radius 3 is 2.00 bits per heavy atom. The van der Waals surface area contributed by atoms with Gasteiger partial charge in [-0.2, -0.15) is 0 Å². The van der Waals surface area contributed by atoms with Crippen LogP contribution in [0.2, 0.25) is 0 Å². The summed E-state index contributed by atoms with van der Waals surface area (Å²) in [6, 6.07) is 0. The van der Waals surface area contributed by atoms with E-state index in [1.165, 1.54) is 10.5 Å². The number of hydrogen-bond donors (Lipinski definition) is 0. The first-order chi connectivity index (χ1) is 4.22. The van der Waals surface area contributed by atoms with E-state index in [9.17, 15) is 0 Å². The molecule has 0 saturated carbocycles. The SMILES string of the molecule is CC=CC(SC)=C(C)C.